The van der Waals surface area contributed by atoms with Crippen LogP contribution in [0.1, 0.15) is 43.7 Å². The van der Waals surface area contributed by atoms with E-state index >= 15 is 0 Å². The lowest BCUT2D eigenvalue weighted by Gasteiger charge is -2.41. The molecule has 0 spiro atoms. The van der Waals surface area contributed by atoms with Crippen molar-refractivity contribution < 1.29 is 0 Å². The summed E-state index contributed by atoms with van der Waals surface area (Å²) in [4.78, 5) is 4.11. The maximum absolute atomic E-state index is 3.50. The lowest BCUT2D eigenvalue weighted by molar-refractivity contribution is 0.103. The predicted octanol–water partition coefficient (Wildman–Crippen LogP) is 3.94. The van der Waals surface area contributed by atoms with Crippen molar-refractivity contribution in [3.05, 3.63) is 29.8 Å². The van der Waals surface area contributed by atoms with Crippen molar-refractivity contribution in [3.8, 4) is 0 Å². The summed E-state index contributed by atoms with van der Waals surface area (Å²) in [5.74, 6) is 0.858. The molecule has 1 saturated heterocycles. The van der Waals surface area contributed by atoms with E-state index in [4.69, 9.17) is 0 Å². The highest BCUT2D eigenvalue weighted by molar-refractivity contribution is 7.98. The van der Waals surface area contributed by atoms with Crippen molar-refractivity contribution in [3.63, 3.8) is 0 Å². The van der Waals surface area contributed by atoms with Crippen LogP contribution in [-0.2, 0) is 0 Å². The van der Waals surface area contributed by atoms with E-state index in [9.17, 15) is 0 Å². The SMILES string of the molecule is CSc1ccc([C@@H](C2CCCCC2)N2CCNCC2)cc1. The molecule has 0 aromatic heterocycles. The molecule has 2 fully saturated rings. The summed E-state index contributed by atoms with van der Waals surface area (Å²) in [5, 5.41) is 3.50. The van der Waals surface area contributed by atoms with Crippen LogP contribution in [0.2, 0.25) is 0 Å². The number of rotatable bonds is 4. The smallest absolute Gasteiger partial charge is 0.0377 e. The predicted molar refractivity (Wildman–Crippen MR) is 92.0 cm³/mol. The minimum atomic E-state index is 0.642. The summed E-state index contributed by atoms with van der Waals surface area (Å²) in [7, 11) is 0. The molecular weight excluding hydrogens is 276 g/mol. The fraction of sp³-hybridized carbons (Fsp3) is 0.667. The lowest BCUT2D eigenvalue weighted by Crippen LogP contribution is -2.47. The van der Waals surface area contributed by atoms with Gasteiger partial charge in [0.2, 0.25) is 0 Å². The van der Waals surface area contributed by atoms with Crippen LogP contribution >= 0.6 is 11.8 Å². The first kappa shape index (κ1) is 15.4. The van der Waals surface area contributed by atoms with E-state index in [1.807, 2.05) is 11.8 Å². The minimum Gasteiger partial charge on any atom is -0.314 e. The first-order chi connectivity index (χ1) is 10.4. The van der Waals surface area contributed by atoms with Crippen LogP contribution in [0.3, 0.4) is 0 Å². The highest BCUT2D eigenvalue weighted by atomic mass is 32.2. The third-order valence-corrected chi connectivity index (χ3v) is 5.84. The summed E-state index contributed by atoms with van der Waals surface area (Å²) >= 11 is 1.84. The van der Waals surface area contributed by atoms with Crippen LogP contribution in [0, 0.1) is 5.92 Å². The maximum Gasteiger partial charge on any atom is 0.0377 e. The van der Waals surface area contributed by atoms with E-state index in [-0.39, 0.29) is 0 Å². The highest BCUT2D eigenvalue weighted by Crippen LogP contribution is 2.38. The van der Waals surface area contributed by atoms with Gasteiger partial charge >= 0.3 is 0 Å². The third kappa shape index (κ3) is 3.82. The molecule has 3 heteroatoms. The maximum atomic E-state index is 3.50. The number of thioether (sulfide) groups is 1. The van der Waals surface area contributed by atoms with Gasteiger partial charge in [0.15, 0.2) is 0 Å². The van der Waals surface area contributed by atoms with Crippen molar-refractivity contribution in [2.75, 3.05) is 32.4 Å². The summed E-state index contributed by atoms with van der Waals surface area (Å²) in [5.41, 5.74) is 1.54. The number of benzene rings is 1. The molecule has 1 atom stereocenters. The third-order valence-electron chi connectivity index (χ3n) is 5.10. The van der Waals surface area contributed by atoms with Crippen LogP contribution in [0.4, 0.5) is 0 Å². The highest BCUT2D eigenvalue weighted by Gasteiger charge is 2.30. The minimum absolute atomic E-state index is 0.642. The standard InChI is InChI=1S/C18H28N2S/c1-21-17-9-7-16(8-10-17)18(15-5-3-2-4-6-15)20-13-11-19-12-14-20/h7-10,15,18-19H,2-6,11-14H2,1H3/t18-/m1/s1. The number of nitrogens with one attached hydrogen (secondary N) is 1. The van der Waals surface area contributed by atoms with E-state index in [2.05, 4.69) is 40.7 Å². The summed E-state index contributed by atoms with van der Waals surface area (Å²) in [6.07, 6.45) is 9.28. The van der Waals surface area contributed by atoms with Crippen molar-refractivity contribution >= 4 is 11.8 Å². The Morgan fingerprint density at radius 1 is 1.05 bits per heavy atom. The van der Waals surface area contributed by atoms with Crippen molar-refractivity contribution in [2.45, 2.75) is 43.0 Å². The lowest BCUT2D eigenvalue weighted by atomic mass is 9.80. The molecular formula is C18H28N2S. The molecule has 116 valence electrons. The molecule has 0 bridgehead atoms. The number of hydrogen-bond donors (Lipinski definition) is 1. The first-order valence-electron chi connectivity index (χ1n) is 8.47. The van der Waals surface area contributed by atoms with Gasteiger partial charge in [-0.25, -0.2) is 0 Å². The second-order valence-electron chi connectivity index (χ2n) is 6.40. The van der Waals surface area contributed by atoms with E-state index < -0.39 is 0 Å². The topological polar surface area (TPSA) is 15.3 Å². The number of piperazine rings is 1. The summed E-state index contributed by atoms with van der Waals surface area (Å²) in [6, 6.07) is 10.0. The Hall–Kier alpha value is -0.510. The fourth-order valence-corrected chi connectivity index (χ4v) is 4.40. The molecule has 0 radical (unpaired) electrons. The van der Waals surface area contributed by atoms with E-state index in [1.165, 1.54) is 50.1 Å². The van der Waals surface area contributed by atoms with Crippen LogP contribution in [-0.4, -0.2) is 37.3 Å². The van der Waals surface area contributed by atoms with Gasteiger partial charge in [0.05, 0.1) is 0 Å². The molecule has 1 saturated carbocycles. The molecule has 1 aliphatic carbocycles. The van der Waals surface area contributed by atoms with E-state index in [0.717, 1.165) is 19.0 Å². The molecule has 0 unspecified atom stereocenters. The second kappa shape index (κ2) is 7.66. The zero-order chi connectivity index (χ0) is 14.5. The molecule has 3 rings (SSSR count). The molecule has 1 heterocycles. The quantitative estimate of drug-likeness (QED) is 0.848. The Kier molecular flexibility index (Phi) is 5.61. The Morgan fingerprint density at radius 2 is 1.71 bits per heavy atom. The van der Waals surface area contributed by atoms with Gasteiger partial charge in [-0.2, -0.15) is 0 Å². The van der Waals surface area contributed by atoms with Crippen molar-refractivity contribution in [1.82, 2.24) is 10.2 Å². The number of nitrogens with zero attached hydrogens (tertiary/aromatic N) is 1. The Bertz CT molecular complexity index is 401. The molecule has 1 aromatic carbocycles. The Labute approximate surface area is 133 Å². The molecule has 1 aliphatic heterocycles. The van der Waals surface area contributed by atoms with Gasteiger partial charge in [0, 0.05) is 37.1 Å². The Balaban J connectivity index is 1.82. The second-order valence-corrected chi connectivity index (χ2v) is 7.28. The van der Waals surface area contributed by atoms with Gasteiger partial charge in [-0.1, -0.05) is 31.4 Å². The van der Waals surface area contributed by atoms with Crippen LogP contribution in [0.15, 0.2) is 29.2 Å². The van der Waals surface area contributed by atoms with Gasteiger partial charge in [0.25, 0.3) is 0 Å². The van der Waals surface area contributed by atoms with E-state index in [1.54, 1.807) is 5.56 Å². The molecule has 21 heavy (non-hydrogen) atoms. The monoisotopic (exact) mass is 304 g/mol. The summed E-state index contributed by atoms with van der Waals surface area (Å²) in [6.45, 7) is 4.69. The van der Waals surface area contributed by atoms with Crippen molar-refractivity contribution in [1.29, 1.82) is 0 Å². The summed E-state index contributed by atoms with van der Waals surface area (Å²) < 4.78 is 0. The zero-order valence-electron chi connectivity index (χ0n) is 13.2. The molecule has 1 aromatic rings. The average Bonchev–Trinajstić information content (AvgIpc) is 2.58. The van der Waals surface area contributed by atoms with Crippen LogP contribution in [0.25, 0.3) is 0 Å². The zero-order valence-corrected chi connectivity index (χ0v) is 14.0. The normalized spacial score (nSPS) is 23.1. The van der Waals surface area contributed by atoms with Gasteiger partial charge in [-0.3, -0.25) is 4.90 Å². The molecule has 2 aliphatic rings. The Morgan fingerprint density at radius 3 is 2.33 bits per heavy atom. The fourth-order valence-electron chi connectivity index (χ4n) is 3.99. The largest absolute Gasteiger partial charge is 0.314 e. The first-order valence-corrected chi connectivity index (χ1v) is 9.69. The van der Waals surface area contributed by atoms with Gasteiger partial charge < -0.3 is 5.32 Å². The van der Waals surface area contributed by atoms with Gasteiger partial charge in [0.1, 0.15) is 0 Å². The molecule has 1 N–H and O–H groups in total. The van der Waals surface area contributed by atoms with Crippen LogP contribution in [0.5, 0.6) is 0 Å². The van der Waals surface area contributed by atoms with Crippen LogP contribution < -0.4 is 5.32 Å². The van der Waals surface area contributed by atoms with Crippen molar-refractivity contribution in [2.24, 2.45) is 5.92 Å². The van der Waals surface area contributed by atoms with E-state index in [0.29, 0.717) is 6.04 Å². The number of hydrogen-bond acceptors (Lipinski definition) is 3. The molecule has 2 nitrogen and oxygen atoms in total. The molecule has 0 amide bonds. The van der Waals surface area contributed by atoms with Gasteiger partial charge in [-0.15, -0.1) is 11.8 Å². The van der Waals surface area contributed by atoms with Gasteiger partial charge in [-0.05, 0) is 42.7 Å². The average molecular weight is 305 g/mol.